The number of rotatable bonds is 1. The van der Waals surface area contributed by atoms with Gasteiger partial charge in [-0.25, -0.2) is 0 Å². The number of H-pyrrole nitrogens is 1. The summed E-state index contributed by atoms with van der Waals surface area (Å²) in [6.45, 7) is 0. The highest BCUT2D eigenvalue weighted by atomic mass is 14.7. The molecule has 180 valence electrons. The molecule has 8 aromatic rings. The lowest BCUT2D eigenvalue weighted by molar-refractivity contribution is 1.56. The molecular formula is C38H23N. The smallest absolute Gasteiger partial charge is 0.0551 e. The maximum atomic E-state index is 3.76. The minimum absolute atomic E-state index is 1.02. The summed E-state index contributed by atoms with van der Waals surface area (Å²) in [4.78, 5) is 3.76. The van der Waals surface area contributed by atoms with Crippen LogP contribution in [-0.2, 0) is 0 Å². The van der Waals surface area contributed by atoms with Gasteiger partial charge in [-0.3, -0.25) is 0 Å². The van der Waals surface area contributed by atoms with Gasteiger partial charge in [0, 0.05) is 38.2 Å². The summed E-state index contributed by atoms with van der Waals surface area (Å²) >= 11 is 0. The van der Waals surface area contributed by atoms with Gasteiger partial charge in [-0.1, -0.05) is 115 Å². The highest BCUT2D eigenvalue weighted by Gasteiger charge is 2.19. The van der Waals surface area contributed by atoms with E-state index in [4.69, 9.17) is 0 Å². The van der Waals surface area contributed by atoms with Gasteiger partial charge in [-0.2, -0.15) is 0 Å². The highest BCUT2D eigenvalue weighted by Crippen LogP contribution is 2.46. The molecule has 0 aliphatic rings. The average molecular weight is 494 g/mol. The fourth-order valence-electron chi connectivity index (χ4n) is 6.11. The van der Waals surface area contributed by atoms with Crippen molar-refractivity contribution in [2.75, 3.05) is 0 Å². The molecule has 1 heteroatoms. The quantitative estimate of drug-likeness (QED) is 0.173. The molecule has 0 spiro atoms. The lowest BCUT2D eigenvalue weighted by Gasteiger charge is -2.16. The lowest BCUT2D eigenvalue weighted by Crippen LogP contribution is -1.91. The lowest BCUT2D eigenvalue weighted by atomic mass is 9.86. The van der Waals surface area contributed by atoms with Crippen LogP contribution in [0.25, 0.3) is 65.3 Å². The summed E-state index contributed by atoms with van der Waals surface area (Å²) in [5.41, 5.74) is 6.77. The second-order valence-corrected chi connectivity index (χ2v) is 10.0. The molecule has 0 fully saturated rings. The van der Waals surface area contributed by atoms with Crippen LogP contribution in [0.2, 0.25) is 0 Å². The molecule has 39 heavy (non-hydrogen) atoms. The first-order valence-corrected chi connectivity index (χ1v) is 13.3. The maximum Gasteiger partial charge on any atom is 0.0551 e. The minimum Gasteiger partial charge on any atom is -0.354 e. The number of hydrogen-bond acceptors (Lipinski definition) is 0. The summed E-state index contributed by atoms with van der Waals surface area (Å²) in [7, 11) is 0. The third-order valence-electron chi connectivity index (χ3n) is 7.80. The van der Waals surface area contributed by atoms with Gasteiger partial charge in [0.2, 0.25) is 0 Å². The number of nitrogens with one attached hydrogen (secondary N) is 1. The highest BCUT2D eigenvalue weighted by molar-refractivity contribution is 6.38. The predicted octanol–water partition coefficient (Wildman–Crippen LogP) is 9.85. The summed E-state index contributed by atoms with van der Waals surface area (Å²) in [6, 6.07) is 47.3. The molecule has 1 heterocycles. The van der Waals surface area contributed by atoms with Gasteiger partial charge in [-0.05, 0) is 63.0 Å². The Labute approximate surface area is 226 Å². The van der Waals surface area contributed by atoms with E-state index in [1.165, 1.54) is 54.2 Å². The summed E-state index contributed by atoms with van der Waals surface area (Å²) in [5, 5.41) is 10.1. The Morgan fingerprint density at radius 2 is 1.10 bits per heavy atom. The number of aromatic amines is 1. The van der Waals surface area contributed by atoms with Crippen molar-refractivity contribution in [3.05, 3.63) is 145 Å². The average Bonchev–Trinajstić information content (AvgIpc) is 3.40. The monoisotopic (exact) mass is 493 g/mol. The van der Waals surface area contributed by atoms with E-state index >= 15 is 0 Å². The van der Waals surface area contributed by atoms with Gasteiger partial charge < -0.3 is 4.98 Å². The normalized spacial score (nSPS) is 11.4. The van der Waals surface area contributed by atoms with Crippen molar-refractivity contribution in [3.63, 3.8) is 0 Å². The Hall–Kier alpha value is -5.32. The molecule has 0 unspecified atom stereocenters. The van der Waals surface area contributed by atoms with E-state index < -0.39 is 0 Å². The van der Waals surface area contributed by atoms with Crippen molar-refractivity contribution < 1.29 is 0 Å². The van der Waals surface area contributed by atoms with E-state index in [-0.39, 0.29) is 0 Å². The molecule has 0 saturated carbocycles. The summed E-state index contributed by atoms with van der Waals surface area (Å²) < 4.78 is 0. The summed E-state index contributed by atoms with van der Waals surface area (Å²) in [6.07, 6.45) is 0. The van der Waals surface area contributed by atoms with Gasteiger partial charge in [0.1, 0.15) is 0 Å². The van der Waals surface area contributed by atoms with Crippen molar-refractivity contribution in [2.24, 2.45) is 0 Å². The van der Waals surface area contributed by atoms with E-state index in [0.717, 1.165) is 22.2 Å². The Kier molecular flexibility index (Phi) is 4.80. The Bertz CT molecular complexity index is 2270. The van der Waals surface area contributed by atoms with Crippen LogP contribution in [0, 0.1) is 11.8 Å². The molecule has 1 nitrogen and oxygen atoms in total. The van der Waals surface area contributed by atoms with Crippen LogP contribution in [0.3, 0.4) is 0 Å². The Morgan fingerprint density at radius 3 is 1.97 bits per heavy atom. The minimum atomic E-state index is 1.02. The van der Waals surface area contributed by atoms with E-state index in [9.17, 15) is 0 Å². The first-order valence-electron chi connectivity index (χ1n) is 13.3. The Balaban J connectivity index is 1.59. The second-order valence-electron chi connectivity index (χ2n) is 10.0. The van der Waals surface area contributed by atoms with Crippen LogP contribution >= 0.6 is 0 Å². The summed E-state index contributed by atoms with van der Waals surface area (Å²) in [5.74, 6) is 6.88. The van der Waals surface area contributed by atoms with Crippen LogP contribution in [0.4, 0.5) is 0 Å². The number of para-hydroxylation sites is 1. The molecule has 0 amide bonds. The fraction of sp³-hybridized carbons (Fsp3) is 0. The third kappa shape index (κ3) is 3.36. The van der Waals surface area contributed by atoms with Gasteiger partial charge in [0.05, 0.1) is 5.52 Å². The number of fused-ring (bicyclic) bond motifs is 10. The van der Waals surface area contributed by atoms with Crippen molar-refractivity contribution in [3.8, 4) is 23.0 Å². The molecule has 0 radical (unpaired) electrons. The van der Waals surface area contributed by atoms with Gasteiger partial charge in [0.25, 0.3) is 0 Å². The van der Waals surface area contributed by atoms with E-state index in [1.807, 2.05) is 18.2 Å². The standard InChI is InChI=1S/C38H23N/c1-2-12-25(13-3-1)22-23-26-14-4-6-16-28(26)33-24-27-15-5-7-17-29(27)36-35(33)30-18-8-9-19-31(30)38-37(36)32-20-10-11-21-34(32)39-38/h1-21,24,39H. The zero-order valence-corrected chi connectivity index (χ0v) is 21.2. The second kappa shape index (κ2) is 8.62. The third-order valence-corrected chi connectivity index (χ3v) is 7.80. The molecule has 0 atom stereocenters. The van der Waals surface area contributed by atoms with Crippen molar-refractivity contribution >= 4 is 54.1 Å². The molecule has 0 saturated heterocycles. The first kappa shape index (κ1) is 21.7. The molecule has 1 aromatic heterocycles. The zero-order chi connectivity index (χ0) is 25.8. The van der Waals surface area contributed by atoms with E-state index in [0.29, 0.717) is 0 Å². The van der Waals surface area contributed by atoms with Crippen LogP contribution in [-0.4, -0.2) is 4.98 Å². The molecule has 1 N–H and O–H groups in total. The topological polar surface area (TPSA) is 15.8 Å². The first-order chi connectivity index (χ1) is 19.4. The van der Waals surface area contributed by atoms with E-state index in [1.54, 1.807) is 0 Å². The van der Waals surface area contributed by atoms with Crippen molar-refractivity contribution in [2.45, 2.75) is 0 Å². The molecule has 0 aliphatic heterocycles. The van der Waals surface area contributed by atoms with Gasteiger partial charge in [-0.15, -0.1) is 0 Å². The van der Waals surface area contributed by atoms with Gasteiger partial charge >= 0.3 is 0 Å². The SMILES string of the molecule is C(#Cc1ccccc1-c1cc2ccccc2c2c1c1ccccc1c1[nH]c3ccccc3c12)c1ccccc1. The number of benzene rings is 7. The van der Waals surface area contributed by atoms with Crippen molar-refractivity contribution in [1.29, 1.82) is 0 Å². The van der Waals surface area contributed by atoms with Crippen LogP contribution in [0.1, 0.15) is 11.1 Å². The number of hydrogen-bond donors (Lipinski definition) is 1. The van der Waals surface area contributed by atoms with Crippen LogP contribution in [0.15, 0.2) is 133 Å². The number of aromatic nitrogens is 1. The molecule has 0 bridgehead atoms. The zero-order valence-electron chi connectivity index (χ0n) is 21.2. The predicted molar refractivity (Wildman–Crippen MR) is 166 cm³/mol. The van der Waals surface area contributed by atoms with Crippen LogP contribution in [0.5, 0.6) is 0 Å². The van der Waals surface area contributed by atoms with Crippen LogP contribution < -0.4 is 0 Å². The largest absolute Gasteiger partial charge is 0.354 e. The molecule has 8 rings (SSSR count). The van der Waals surface area contributed by atoms with Crippen molar-refractivity contribution in [1.82, 2.24) is 4.98 Å². The Morgan fingerprint density at radius 1 is 0.436 bits per heavy atom. The van der Waals surface area contributed by atoms with E-state index in [2.05, 4.69) is 132 Å². The molecule has 7 aromatic carbocycles. The fourth-order valence-corrected chi connectivity index (χ4v) is 6.11. The maximum absolute atomic E-state index is 3.76. The molecular weight excluding hydrogens is 470 g/mol. The molecule has 0 aliphatic carbocycles. The van der Waals surface area contributed by atoms with Gasteiger partial charge in [0.15, 0.2) is 0 Å².